The number of carbonyl (C=O) groups excluding carboxylic acids is 3. The topological polar surface area (TPSA) is 390 Å². The van der Waals surface area contributed by atoms with Gasteiger partial charge in [0.15, 0.2) is 17.7 Å². The number of imidazole rings is 1. The van der Waals surface area contributed by atoms with Crippen molar-refractivity contribution in [3.05, 3.63) is 54.6 Å². The third-order valence-corrected chi connectivity index (χ3v) is 12.8. The van der Waals surface area contributed by atoms with Gasteiger partial charge in [-0.3, -0.25) is 37.7 Å². The number of aliphatic hydroxyl groups excluding tert-OH is 2. The third-order valence-electron chi connectivity index (χ3n) is 8.25. The molecule has 2 amide bonds. The highest BCUT2D eigenvalue weighted by Crippen LogP contribution is 2.61. The summed E-state index contributed by atoms with van der Waals surface area (Å²) in [4.78, 5) is 88.1. The van der Waals surface area contributed by atoms with Crippen LogP contribution in [0.2, 0.25) is 0 Å². The number of hydrogen-bond acceptors (Lipinski definition) is 18. The minimum Gasteiger partial charge on any atom is -0.386 e. The smallest absolute Gasteiger partial charge is 0.386 e. The van der Waals surface area contributed by atoms with E-state index in [2.05, 4.69) is 34.4 Å². The molecule has 3 aromatic rings. The van der Waals surface area contributed by atoms with Gasteiger partial charge in [-0.1, -0.05) is 50.3 Å². The van der Waals surface area contributed by atoms with Gasteiger partial charge in [-0.25, -0.2) is 28.6 Å². The Bertz CT molecular complexity index is 2130. The summed E-state index contributed by atoms with van der Waals surface area (Å²) in [6.07, 6.45) is -4.00. The number of aliphatic hydroxyl groups is 2. The highest BCUT2D eigenvalue weighted by molar-refractivity contribution is 8.28. The number of amides is 2. The summed E-state index contributed by atoms with van der Waals surface area (Å²) in [6.45, 7) is 0.309. The number of nitrogens with one attached hydrogen (secondary N) is 2. The van der Waals surface area contributed by atoms with Crippen molar-refractivity contribution >= 4 is 74.5 Å². The number of phosphoric acid groups is 3. The van der Waals surface area contributed by atoms with Crippen molar-refractivity contribution in [2.75, 3.05) is 37.8 Å². The fraction of sp³-hybridized carbons (Fsp3) is 0.467. The molecule has 29 heteroatoms. The van der Waals surface area contributed by atoms with Gasteiger partial charge in [0.05, 0.1) is 19.5 Å². The van der Waals surface area contributed by atoms with Crippen molar-refractivity contribution in [2.24, 2.45) is 10.6 Å². The van der Waals surface area contributed by atoms with Crippen LogP contribution in [0.5, 0.6) is 0 Å². The number of aromatic nitrogens is 4. The number of carbonyl (C=O) groups is 3. The molecule has 0 aliphatic carbocycles. The van der Waals surface area contributed by atoms with E-state index in [1.807, 2.05) is 30.3 Å². The van der Waals surface area contributed by atoms with E-state index in [1.165, 1.54) is 19.9 Å². The number of rotatable bonds is 21. The Hall–Kier alpha value is -3.52. The monoisotopic (exact) mass is 914 g/mol. The van der Waals surface area contributed by atoms with Gasteiger partial charge in [0, 0.05) is 30.7 Å². The number of hydrogen-bond donors (Lipinski definition) is 11. The van der Waals surface area contributed by atoms with Crippen LogP contribution >= 0.6 is 34.5 Å². The molecule has 1 saturated heterocycles. The van der Waals surface area contributed by atoms with Crippen LogP contribution in [0.4, 0.5) is 5.82 Å². The molecule has 4 rings (SSSR count). The third kappa shape index (κ3) is 14.3. The summed E-state index contributed by atoms with van der Waals surface area (Å²) >= 11 is -1.55. The van der Waals surface area contributed by atoms with Gasteiger partial charge in [-0.15, -0.1) is 11.1 Å². The number of ether oxygens (including phenoxy) is 1. The first-order valence-corrected chi connectivity index (χ1v) is 23.3. The van der Waals surface area contributed by atoms with Crippen molar-refractivity contribution in [1.29, 1.82) is 0 Å². The molecule has 0 radical (unpaired) electrons. The lowest BCUT2D eigenvalue weighted by atomic mass is 9.87. The molecule has 1 aliphatic heterocycles. The highest BCUT2D eigenvalue weighted by atomic mass is 32.2. The Morgan fingerprint density at radius 3 is 2.39 bits per heavy atom. The van der Waals surface area contributed by atoms with Crippen LogP contribution in [0.15, 0.2) is 49.1 Å². The average molecular weight is 915 g/mol. The predicted molar refractivity (Wildman–Crippen MR) is 208 cm³/mol. The standard InChI is InChI=1S/C30H45N8O17P3S/c1-30(2,25(42)28(43)34-11-10-20(39)33-12-13-59(32)21(40)9-8-18-6-4-3-5-7-18)15-52-58(49,50)55-57(47,48)51-14-19-24(54-56(44,45)46)23(41)29(53-19)38-17-37-22-26(31)35-16-36-27(22)38/h3-9,16-17,19,23-25,29,41-42,59H,10-15,32H2,1-2H3,(H,33,39)(H,34,43)(H,47,48)(H,49,50)(H2,31,35,36)(H2,44,45,46)/b9-8+/t19-,23-,24-,25?,29-/m1/s1. The summed E-state index contributed by atoms with van der Waals surface area (Å²) in [5.41, 5.74) is 5.06. The lowest BCUT2D eigenvalue weighted by molar-refractivity contribution is -0.137. The molecule has 25 nitrogen and oxygen atoms in total. The zero-order chi connectivity index (χ0) is 43.8. The maximum absolute atomic E-state index is 12.7. The molecule has 328 valence electrons. The van der Waals surface area contributed by atoms with Gasteiger partial charge in [-0.05, 0) is 11.6 Å². The first kappa shape index (κ1) is 48.1. The largest absolute Gasteiger partial charge is 0.481 e. The summed E-state index contributed by atoms with van der Waals surface area (Å²) in [7, 11) is -16.4. The van der Waals surface area contributed by atoms with E-state index < -0.39 is 95.6 Å². The van der Waals surface area contributed by atoms with Crippen LogP contribution in [-0.2, 0) is 50.7 Å². The van der Waals surface area contributed by atoms with E-state index >= 15 is 0 Å². The molecule has 1 aliphatic rings. The summed E-state index contributed by atoms with van der Waals surface area (Å²) in [5.74, 6) is -1.32. The minimum absolute atomic E-state index is 0.0259. The Morgan fingerprint density at radius 1 is 1.03 bits per heavy atom. The van der Waals surface area contributed by atoms with Crippen LogP contribution in [-0.4, -0.2) is 123 Å². The zero-order valence-corrected chi connectivity index (χ0v) is 34.8. The summed E-state index contributed by atoms with van der Waals surface area (Å²) in [5, 5.41) is 32.1. The van der Waals surface area contributed by atoms with E-state index in [9.17, 15) is 57.9 Å². The molecule has 1 aromatic carbocycles. The number of benzene rings is 1. The lowest BCUT2D eigenvalue weighted by Gasteiger charge is -2.30. The van der Waals surface area contributed by atoms with Crippen LogP contribution < -0.4 is 21.5 Å². The highest BCUT2D eigenvalue weighted by Gasteiger charge is 2.50. The van der Waals surface area contributed by atoms with Crippen LogP contribution in [0, 0.1) is 5.41 Å². The zero-order valence-electron chi connectivity index (χ0n) is 31.2. The van der Waals surface area contributed by atoms with Gasteiger partial charge in [0.1, 0.15) is 36.3 Å². The number of nitrogen functional groups attached to an aromatic ring is 1. The molecule has 1 fully saturated rings. The number of anilines is 1. The van der Waals surface area contributed by atoms with Gasteiger partial charge in [-0.2, -0.15) is 4.31 Å². The molecular formula is C30H45N8O17P3S. The van der Waals surface area contributed by atoms with Gasteiger partial charge in [0.2, 0.25) is 16.9 Å². The van der Waals surface area contributed by atoms with E-state index in [1.54, 1.807) is 6.08 Å². The molecule has 4 unspecified atom stereocenters. The maximum Gasteiger partial charge on any atom is 0.481 e. The quantitative estimate of drug-likeness (QED) is 0.0365. The molecule has 2 aromatic heterocycles. The minimum atomic E-state index is -5.58. The summed E-state index contributed by atoms with van der Waals surface area (Å²) < 4.78 is 62.2. The normalized spacial score (nSPS) is 22.1. The molecule has 59 heavy (non-hydrogen) atoms. The summed E-state index contributed by atoms with van der Waals surface area (Å²) in [6, 6.07) is 9.13. The van der Waals surface area contributed by atoms with Crippen molar-refractivity contribution < 1.29 is 80.5 Å². The van der Waals surface area contributed by atoms with E-state index in [0.717, 1.165) is 22.8 Å². The molecule has 3 heterocycles. The van der Waals surface area contributed by atoms with Gasteiger partial charge in [0.25, 0.3) is 0 Å². The number of fused-ring (bicyclic) bond motifs is 1. The molecule has 8 atom stereocenters. The van der Waals surface area contributed by atoms with Crippen molar-refractivity contribution in [3.63, 3.8) is 0 Å². The fourth-order valence-electron chi connectivity index (χ4n) is 5.19. The molecule has 0 bridgehead atoms. The van der Waals surface area contributed by atoms with E-state index in [4.69, 9.17) is 24.7 Å². The van der Waals surface area contributed by atoms with Crippen LogP contribution in [0.1, 0.15) is 32.1 Å². The number of nitrogens with two attached hydrogens (primary N) is 2. The van der Waals surface area contributed by atoms with Crippen molar-refractivity contribution in [3.8, 4) is 0 Å². The Morgan fingerprint density at radius 2 is 1.71 bits per heavy atom. The Balaban J connectivity index is 1.22. The number of thiol groups is 1. The average Bonchev–Trinajstić information content (AvgIpc) is 3.72. The fourth-order valence-corrected chi connectivity index (χ4v) is 8.86. The van der Waals surface area contributed by atoms with Gasteiger partial charge >= 0.3 is 23.5 Å². The van der Waals surface area contributed by atoms with E-state index in [-0.39, 0.29) is 47.4 Å². The van der Waals surface area contributed by atoms with Crippen LogP contribution in [0.3, 0.4) is 0 Å². The molecule has 0 spiro atoms. The Labute approximate surface area is 338 Å². The number of phosphoric ester groups is 3. The number of nitrogens with zero attached hydrogens (tertiary/aromatic N) is 4. The van der Waals surface area contributed by atoms with Gasteiger partial charge < -0.3 is 50.9 Å². The van der Waals surface area contributed by atoms with Crippen molar-refractivity contribution in [2.45, 2.75) is 50.9 Å². The SMILES string of the molecule is CC(C)(COP(=O)(O)OP(=O)(O)OC[C@H]1O[C@@H](n2cnc3c(N)ncnc32)[C@H](O)[C@@H]1OP(=O)(O)O)C(O)C(=O)NCCC(=O)NCC[SH](N)C(=O)/C=C/c1ccccc1. The lowest BCUT2D eigenvalue weighted by Crippen LogP contribution is -2.46. The molecule has 0 saturated carbocycles. The second-order valence-corrected chi connectivity index (χ2v) is 19.4. The predicted octanol–water partition coefficient (Wildman–Crippen LogP) is -0.480. The second kappa shape index (κ2) is 20.4. The first-order chi connectivity index (χ1) is 27.5. The van der Waals surface area contributed by atoms with Crippen molar-refractivity contribution in [1.82, 2.24) is 30.2 Å². The molecular weight excluding hydrogens is 869 g/mol. The maximum atomic E-state index is 12.7. The molecule has 12 N–H and O–H groups in total. The van der Waals surface area contributed by atoms with E-state index in [0.29, 0.717) is 0 Å². The Kier molecular flexibility index (Phi) is 16.6. The van der Waals surface area contributed by atoms with Crippen LogP contribution in [0.25, 0.3) is 17.2 Å². The first-order valence-electron chi connectivity index (χ1n) is 17.2. The second-order valence-electron chi connectivity index (χ2n) is 13.3.